The summed E-state index contributed by atoms with van der Waals surface area (Å²) in [5.74, 6) is 0. The van der Waals surface area contributed by atoms with E-state index < -0.39 is 0 Å². The SMILES string of the molecule is COCCCCNC(C)c1ccc(C#N)cc1. The van der Waals surface area contributed by atoms with Crippen LogP contribution in [0.25, 0.3) is 0 Å². The Morgan fingerprint density at radius 1 is 1.29 bits per heavy atom. The number of ether oxygens (including phenoxy) is 1. The van der Waals surface area contributed by atoms with Crippen LogP contribution < -0.4 is 5.32 Å². The lowest BCUT2D eigenvalue weighted by Crippen LogP contribution is -2.20. The summed E-state index contributed by atoms with van der Waals surface area (Å²) in [6, 6.07) is 10.2. The molecule has 0 aliphatic heterocycles. The zero-order chi connectivity index (χ0) is 12.5. The molecule has 3 nitrogen and oxygen atoms in total. The van der Waals surface area contributed by atoms with Crippen molar-refractivity contribution >= 4 is 0 Å². The van der Waals surface area contributed by atoms with E-state index in [-0.39, 0.29) is 0 Å². The third kappa shape index (κ3) is 4.99. The Morgan fingerprint density at radius 2 is 2.00 bits per heavy atom. The molecule has 0 saturated heterocycles. The molecular formula is C14H20N2O. The van der Waals surface area contributed by atoms with Crippen LogP contribution in [0.1, 0.15) is 36.9 Å². The van der Waals surface area contributed by atoms with Crippen molar-refractivity contribution in [2.24, 2.45) is 0 Å². The van der Waals surface area contributed by atoms with Gasteiger partial charge in [0, 0.05) is 19.8 Å². The summed E-state index contributed by atoms with van der Waals surface area (Å²) in [5.41, 5.74) is 1.93. The molecule has 0 spiro atoms. The molecule has 1 rings (SSSR count). The number of nitriles is 1. The van der Waals surface area contributed by atoms with Gasteiger partial charge in [-0.3, -0.25) is 0 Å². The zero-order valence-corrected chi connectivity index (χ0v) is 10.6. The maximum atomic E-state index is 8.71. The van der Waals surface area contributed by atoms with Crippen molar-refractivity contribution < 1.29 is 4.74 Å². The lowest BCUT2D eigenvalue weighted by molar-refractivity contribution is 0.192. The first kappa shape index (κ1) is 13.7. The van der Waals surface area contributed by atoms with Crippen LogP contribution in [0.3, 0.4) is 0 Å². The molecule has 1 N–H and O–H groups in total. The normalized spacial score (nSPS) is 12.1. The maximum absolute atomic E-state index is 8.71. The van der Waals surface area contributed by atoms with Crippen LogP contribution in [0.2, 0.25) is 0 Å². The number of benzene rings is 1. The van der Waals surface area contributed by atoms with E-state index in [9.17, 15) is 0 Å². The molecule has 1 aromatic rings. The third-order valence-electron chi connectivity index (χ3n) is 2.77. The van der Waals surface area contributed by atoms with Gasteiger partial charge in [0.15, 0.2) is 0 Å². The number of rotatable bonds is 7. The van der Waals surface area contributed by atoms with Crippen LogP contribution in [0.15, 0.2) is 24.3 Å². The van der Waals surface area contributed by atoms with Gasteiger partial charge in [0.1, 0.15) is 0 Å². The average Bonchev–Trinajstić information content (AvgIpc) is 2.38. The fraction of sp³-hybridized carbons (Fsp3) is 0.500. The van der Waals surface area contributed by atoms with Crippen molar-refractivity contribution in [2.75, 3.05) is 20.3 Å². The van der Waals surface area contributed by atoms with Crippen molar-refractivity contribution in [2.45, 2.75) is 25.8 Å². The molecule has 1 aromatic carbocycles. The quantitative estimate of drug-likeness (QED) is 0.735. The first-order valence-electron chi connectivity index (χ1n) is 6.00. The minimum Gasteiger partial charge on any atom is -0.385 e. The van der Waals surface area contributed by atoms with Crippen molar-refractivity contribution in [3.05, 3.63) is 35.4 Å². The largest absolute Gasteiger partial charge is 0.385 e. The molecule has 0 aliphatic rings. The number of nitrogens with one attached hydrogen (secondary N) is 1. The Bertz CT molecular complexity index is 353. The second-order valence-corrected chi connectivity index (χ2v) is 4.11. The lowest BCUT2D eigenvalue weighted by atomic mass is 10.1. The summed E-state index contributed by atoms with van der Waals surface area (Å²) < 4.78 is 5.00. The van der Waals surface area contributed by atoms with E-state index in [0.29, 0.717) is 11.6 Å². The van der Waals surface area contributed by atoms with E-state index in [2.05, 4.69) is 18.3 Å². The number of unbranched alkanes of at least 4 members (excludes halogenated alkanes) is 1. The van der Waals surface area contributed by atoms with E-state index in [1.165, 1.54) is 5.56 Å². The van der Waals surface area contributed by atoms with Crippen LogP contribution in [-0.4, -0.2) is 20.3 Å². The molecule has 0 amide bonds. The van der Waals surface area contributed by atoms with Crippen LogP contribution in [-0.2, 0) is 4.74 Å². The van der Waals surface area contributed by atoms with E-state index >= 15 is 0 Å². The third-order valence-corrected chi connectivity index (χ3v) is 2.77. The smallest absolute Gasteiger partial charge is 0.0991 e. The van der Waals surface area contributed by atoms with Crippen molar-refractivity contribution in [1.29, 1.82) is 5.26 Å². The molecule has 0 bridgehead atoms. The fourth-order valence-corrected chi connectivity index (χ4v) is 1.65. The molecule has 0 aromatic heterocycles. The van der Waals surface area contributed by atoms with Gasteiger partial charge < -0.3 is 10.1 Å². The molecule has 17 heavy (non-hydrogen) atoms. The number of nitrogens with zero attached hydrogens (tertiary/aromatic N) is 1. The van der Waals surface area contributed by atoms with Gasteiger partial charge in [-0.15, -0.1) is 0 Å². The van der Waals surface area contributed by atoms with Gasteiger partial charge in [0.05, 0.1) is 11.6 Å². The fourth-order valence-electron chi connectivity index (χ4n) is 1.65. The minimum atomic E-state index is 0.324. The van der Waals surface area contributed by atoms with Crippen LogP contribution in [0.4, 0.5) is 0 Å². The maximum Gasteiger partial charge on any atom is 0.0991 e. The number of hydrogen-bond donors (Lipinski definition) is 1. The molecule has 1 atom stereocenters. The highest BCUT2D eigenvalue weighted by Crippen LogP contribution is 2.12. The molecule has 92 valence electrons. The average molecular weight is 232 g/mol. The number of methoxy groups -OCH3 is 1. The summed E-state index contributed by atoms with van der Waals surface area (Å²) in [7, 11) is 1.73. The molecule has 3 heteroatoms. The molecule has 0 aliphatic carbocycles. The van der Waals surface area contributed by atoms with Crippen LogP contribution in [0.5, 0.6) is 0 Å². The topological polar surface area (TPSA) is 45.0 Å². The predicted octanol–water partition coefficient (Wildman–Crippen LogP) is 2.64. The second-order valence-electron chi connectivity index (χ2n) is 4.11. The Hall–Kier alpha value is -1.37. The van der Waals surface area contributed by atoms with Gasteiger partial charge in [-0.2, -0.15) is 5.26 Å². The van der Waals surface area contributed by atoms with Crippen LogP contribution in [0, 0.1) is 11.3 Å². The Kier molecular flexibility index (Phi) is 6.31. The first-order valence-corrected chi connectivity index (χ1v) is 6.00. The van der Waals surface area contributed by atoms with Gasteiger partial charge >= 0.3 is 0 Å². The van der Waals surface area contributed by atoms with Crippen LogP contribution >= 0.6 is 0 Å². The standard InChI is InChI=1S/C14H20N2O/c1-12(16-9-3-4-10-17-2)14-7-5-13(11-15)6-8-14/h5-8,12,16H,3-4,9-10H2,1-2H3. The monoisotopic (exact) mass is 232 g/mol. The Balaban J connectivity index is 2.31. The summed E-state index contributed by atoms with van der Waals surface area (Å²) in [6.07, 6.45) is 2.21. The summed E-state index contributed by atoms with van der Waals surface area (Å²) in [5, 5.41) is 12.2. The van der Waals surface area contributed by atoms with Gasteiger partial charge in [-0.25, -0.2) is 0 Å². The molecule has 0 fully saturated rings. The molecular weight excluding hydrogens is 212 g/mol. The molecule has 0 radical (unpaired) electrons. The highest BCUT2D eigenvalue weighted by Gasteiger charge is 2.03. The van der Waals surface area contributed by atoms with Gasteiger partial charge in [-0.05, 0) is 44.0 Å². The zero-order valence-electron chi connectivity index (χ0n) is 10.6. The van der Waals surface area contributed by atoms with E-state index in [0.717, 1.165) is 26.0 Å². The number of hydrogen-bond acceptors (Lipinski definition) is 3. The van der Waals surface area contributed by atoms with Crippen molar-refractivity contribution in [3.8, 4) is 6.07 Å². The second kappa shape index (κ2) is 7.83. The van der Waals surface area contributed by atoms with E-state index in [1.807, 2.05) is 24.3 Å². The lowest BCUT2D eigenvalue weighted by Gasteiger charge is -2.14. The van der Waals surface area contributed by atoms with Gasteiger partial charge in [0.25, 0.3) is 0 Å². The van der Waals surface area contributed by atoms with E-state index in [1.54, 1.807) is 7.11 Å². The van der Waals surface area contributed by atoms with E-state index in [4.69, 9.17) is 10.00 Å². The summed E-state index contributed by atoms with van der Waals surface area (Å²) in [4.78, 5) is 0. The van der Waals surface area contributed by atoms with Gasteiger partial charge in [-0.1, -0.05) is 12.1 Å². The van der Waals surface area contributed by atoms with Gasteiger partial charge in [0.2, 0.25) is 0 Å². The molecule has 0 heterocycles. The molecule has 1 unspecified atom stereocenters. The molecule has 0 saturated carbocycles. The minimum absolute atomic E-state index is 0.324. The van der Waals surface area contributed by atoms with Crippen molar-refractivity contribution in [1.82, 2.24) is 5.32 Å². The predicted molar refractivity (Wildman–Crippen MR) is 68.7 cm³/mol. The highest BCUT2D eigenvalue weighted by atomic mass is 16.5. The highest BCUT2D eigenvalue weighted by molar-refractivity contribution is 5.32. The Labute approximate surface area is 103 Å². The first-order chi connectivity index (χ1) is 8.27. The summed E-state index contributed by atoms with van der Waals surface area (Å²) >= 11 is 0. The Morgan fingerprint density at radius 3 is 2.59 bits per heavy atom. The van der Waals surface area contributed by atoms with Crippen molar-refractivity contribution in [3.63, 3.8) is 0 Å². The summed E-state index contributed by atoms with van der Waals surface area (Å²) in [6.45, 7) is 3.95.